The number of aliphatic carboxylic acids is 1. The van der Waals surface area contributed by atoms with Gasteiger partial charge in [-0.3, -0.25) is 14.4 Å². The van der Waals surface area contributed by atoms with Gasteiger partial charge in [-0.05, 0) is 51.9 Å². The summed E-state index contributed by atoms with van der Waals surface area (Å²) in [7, 11) is 0. The molecule has 0 aromatic rings. The summed E-state index contributed by atoms with van der Waals surface area (Å²) in [5.74, 6) is -4.37. The number of hydrogen-bond acceptors (Lipinski definition) is 7. The van der Waals surface area contributed by atoms with E-state index in [4.69, 9.17) is 14.2 Å². The standard InChI is InChI=1S/C22H28O8/c1-11(2)20(26)30-22(7-3-4-8-22)9-5-6-14(23)28-17-12-10-13-16(15(12)19(24)25)21(27)29-18(13)17/h12-13,15-18H,1,3-10H2,2H3,(H,24,25). The molecule has 1 saturated heterocycles. The highest BCUT2D eigenvalue weighted by Crippen LogP contribution is 2.58. The van der Waals surface area contributed by atoms with E-state index in [1.54, 1.807) is 6.92 Å². The van der Waals surface area contributed by atoms with Gasteiger partial charge >= 0.3 is 23.9 Å². The van der Waals surface area contributed by atoms with Crippen LogP contribution in [0.1, 0.15) is 58.3 Å². The minimum atomic E-state index is -1.03. The lowest BCUT2D eigenvalue weighted by Crippen LogP contribution is -2.43. The number of carbonyl (C=O) groups excluding carboxylic acids is 3. The summed E-state index contributed by atoms with van der Waals surface area (Å²) in [5, 5.41) is 9.53. The van der Waals surface area contributed by atoms with Gasteiger partial charge in [0.25, 0.3) is 0 Å². The Labute approximate surface area is 174 Å². The number of hydrogen-bond donors (Lipinski definition) is 1. The lowest BCUT2D eigenvalue weighted by atomic mass is 9.78. The van der Waals surface area contributed by atoms with Crippen molar-refractivity contribution >= 4 is 23.9 Å². The fraction of sp³-hybridized carbons (Fsp3) is 0.727. The van der Waals surface area contributed by atoms with E-state index < -0.39 is 53.5 Å². The molecule has 8 heteroatoms. The van der Waals surface area contributed by atoms with Crippen LogP contribution in [0.25, 0.3) is 0 Å². The molecule has 1 heterocycles. The van der Waals surface area contributed by atoms with Crippen LogP contribution in [0.15, 0.2) is 12.2 Å². The largest absolute Gasteiger partial charge is 0.481 e. The predicted octanol–water partition coefficient (Wildman–Crippen LogP) is 2.39. The van der Waals surface area contributed by atoms with Crippen molar-refractivity contribution < 1.29 is 38.5 Å². The zero-order valence-corrected chi connectivity index (χ0v) is 17.1. The normalized spacial score (nSPS) is 35.2. The highest BCUT2D eigenvalue weighted by atomic mass is 16.6. The summed E-state index contributed by atoms with van der Waals surface area (Å²) in [6, 6.07) is 0. The van der Waals surface area contributed by atoms with E-state index in [1.807, 2.05) is 0 Å². The van der Waals surface area contributed by atoms with Crippen LogP contribution in [0, 0.1) is 23.7 Å². The Balaban J connectivity index is 1.32. The van der Waals surface area contributed by atoms with Gasteiger partial charge < -0.3 is 19.3 Å². The number of carboxylic acid groups (broad SMARTS) is 1. The van der Waals surface area contributed by atoms with Gasteiger partial charge in [-0.1, -0.05) is 6.58 Å². The van der Waals surface area contributed by atoms with Gasteiger partial charge in [0.2, 0.25) is 0 Å². The van der Waals surface area contributed by atoms with Gasteiger partial charge in [-0.25, -0.2) is 4.79 Å². The third-order valence-corrected chi connectivity index (χ3v) is 7.28. The molecule has 30 heavy (non-hydrogen) atoms. The van der Waals surface area contributed by atoms with Gasteiger partial charge in [0, 0.05) is 23.8 Å². The number of rotatable bonds is 8. The lowest BCUT2D eigenvalue weighted by molar-refractivity contribution is -0.165. The van der Waals surface area contributed by atoms with Crippen LogP contribution in [0.3, 0.4) is 0 Å². The molecule has 4 aliphatic rings. The molecule has 2 bridgehead atoms. The molecule has 3 saturated carbocycles. The van der Waals surface area contributed by atoms with Crippen molar-refractivity contribution in [2.75, 3.05) is 0 Å². The SMILES string of the molecule is C=C(C)C(=O)OC1(CCCC(=O)OC2C3CC4C2OC(=O)C4C3C(=O)O)CCCC1. The van der Waals surface area contributed by atoms with Gasteiger partial charge in [-0.2, -0.15) is 0 Å². The number of esters is 3. The quantitative estimate of drug-likeness (QED) is 0.361. The van der Waals surface area contributed by atoms with Crippen LogP contribution in [-0.2, 0) is 33.4 Å². The van der Waals surface area contributed by atoms with Crippen LogP contribution in [0.5, 0.6) is 0 Å². The van der Waals surface area contributed by atoms with E-state index in [-0.39, 0.29) is 18.3 Å². The Hall–Kier alpha value is -2.38. The first-order chi connectivity index (χ1) is 14.2. The highest BCUT2D eigenvalue weighted by molar-refractivity contribution is 5.87. The molecule has 0 aromatic heterocycles. The average Bonchev–Trinajstić information content (AvgIpc) is 3.39. The van der Waals surface area contributed by atoms with E-state index in [1.165, 1.54) is 0 Å². The molecular formula is C22H28O8. The molecule has 6 unspecified atom stereocenters. The average molecular weight is 420 g/mol. The van der Waals surface area contributed by atoms with Crippen molar-refractivity contribution in [2.45, 2.75) is 76.1 Å². The molecular weight excluding hydrogens is 392 g/mol. The molecule has 8 nitrogen and oxygen atoms in total. The van der Waals surface area contributed by atoms with Crippen molar-refractivity contribution in [3.63, 3.8) is 0 Å². The van der Waals surface area contributed by atoms with Crippen LogP contribution in [0.2, 0.25) is 0 Å². The smallest absolute Gasteiger partial charge is 0.333 e. The second-order valence-corrected chi connectivity index (χ2v) is 9.22. The van der Waals surface area contributed by atoms with Gasteiger partial charge in [-0.15, -0.1) is 0 Å². The van der Waals surface area contributed by atoms with Gasteiger partial charge in [0.1, 0.15) is 17.8 Å². The Morgan fingerprint density at radius 1 is 1.23 bits per heavy atom. The topological polar surface area (TPSA) is 116 Å². The first kappa shape index (κ1) is 20.9. The Bertz CT molecular complexity index is 780. The number of ether oxygens (including phenoxy) is 3. The Morgan fingerprint density at radius 3 is 2.57 bits per heavy atom. The molecule has 1 N–H and O–H groups in total. The maximum atomic E-state index is 12.5. The van der Waals surface area contributed by atoms with Gasteiger partial charge in [0.05, 0.1) is 11.8 Å². The maximum absolute atomic E-state index is 12.5. The lowest BCUT2D eigenvalue weighted by Gasteiger charge is -2.30. The zero-order valence-electron chi connectivity index (χ0n) is 17.1. The van der Waals surface area contributed by atoms with E-state index in [0.29, 0.717) is 24.8 Å². The number of carbonyl (C=O) groups is 4. The Morgan fingerprint density at radius 2 is 1.93 bits per heavy atom. The molecule has 0 amide bonds. The maximum Gasteiger partial charge on any atom is 0.333 e. The predicted molar refractivity (Wildman–Crippen MR) is 102 cm³/mol. The molecule has 4 fully saturated rings. The first-order valence-electron chi connectivity index (χ1n) is 10.7. The summed E-state index contributed by atoms with van der Waals surface area (Å²) in [6.45, 7) is 5.24. The molecule has 0 aromatic carbocycles. The summed E-state index contributed by atoms with van der Waals surface area (Å²) >= 11 is 0. The van der Waals surface area contributed by atoms with Crippen LogP contribution in [0.4, 0.5) is 0 Å². The van der Waals surface area contributed by atoms with Crippen molar-refractivity contribution in [2.24, 2.45) is 23.7 Å². The van der Waals surface area contributed by atoms with Crippen molar-refractivity contribution in [3.05, 3.63) is 12.2 Å². The van der Waals surface area contributed by atoms with Gasteiger partial charge in [0.15, 0.2) is 0 Å². The minimum Gasteiger partial charge on any atom is -0.481 e. The fourth-order valence-electron chi connectivity index (χ4n) is 5.96. The van der Waals surface area contributed by atoms with E-state index in [9.17, 15) is 24.3 Å². The summed E-state index contributed by atoms with van der Waals surface area (Å²) < 4.78 is 16.7. The highest BCUT2D eigenvalue weighted by Gasteiger charge is 2.69. The van der Waals surface area contributed by atoms with Crippen molar-refractivity contribution in [3.8, 4) is 0 Å². The molecule has 6 atom stereocenters. The van der Waals surface area contributed by atoms with Crippen LogP contribution in [-0.4, -0.2) is 46.8 Å². The summed E-state index contributed by atoms with van der Waals surface area (Å²) in [4.78, 5) is 48.2. The third kappa shape index (κ3) is 3.50. The molecule has 4 rings (SSSR count). The van der Waals surface area contributed by atoms with Crippen LogP contribution < -0.4 is 0 Å². The molecule has 3 aliphatic carbocycles. The zero-order chi connectivity index (χ0) is 21.6. The third-order valence-electron chi connectivity index (χ3n) is 7.28. The molecule has 164 valence electrons. The van der Waals surface area contributed by atoms with Crippen LogP contribution >= 0.6 is 0 Å². The van der Waals surface area contributed by atoms with E-state index in [0.717, 1.165) is 25.7 Å². The minimum absolute atomic E-state index is 0.141. The fourth-order valence-corrected chi connectivity index (χ4v) is 5.96. The molecule has 0 spiro atoms. The van der Waals surface area contributed by atoms with E-state index in [2.05, 4.69) is 6.58 Å². The monoisotopic (exact) mass is 420 g/mol. The van der Waals surface area contributed by atoms with Crippen molar-refractivity contribution in [1.29, 1.82) is 0 Å². The Kier molecular flexibility index (Phi) is 5.36. The molecule has 1 aliphatic heterocycles. The van der Waals surface area contributed by atoms with Crippen molar-refractivity contribution in [1.82, 2.24) is 0 Å². The number of fused-ring (bicyclic) bond motifs is 1. The summed E-state index contributed by atoms with van der Waals surface area (Å²) in [6.07, 6.45) is 4.03. The second-order valence-electron chi connectivity index (χ2n) is 9.22. The summed E-state index contributed by atoms with van der Waals surface area (Å²) in [5.41, 5.74) is -0.194. The van der Waals surface area contributed by atoms with E-state index >= 15 is 0 Å². The second kappa shape index (κ2) is 7.71. The number of carboxylic acids is 1. The molecule has 0 radical (unpaired) electrons. The first-order valence-corrected chi connectivity index (χ1v) is 10.7.